The number of nitrogens with one attached hydrogen (secondary N) is 1. The maximum absolute atomic E-state index is 5.55. The SMILES string of the molecule is [B]NC(N)C(=C=C)C(C)C. The second kappa shape index (κ2) is 4.34. The van der Waals surface area contributed by atoms with Gasteiger partial charge in [-0.25, -0.2) is 0 Å². The topological polar surface area (TPSA) is 38.0 Å². The summed E-state index contributed by atoms with van der Waals surface area (Å²) in [7, 11) is 5.12. The summed E-state index contributed by atoms with van der Waals surface area (Å²) in [5.41, 5.74) is 9.21. The van der Waals surface area contributed by atoms with Crippen molar-refractivity contribution < 1.29 is 0 Å². The zero-order valence-corrected chi connectivity index (χ0v) is 6.52. The lowest BCUT2D eigenvalue weighted by molar-refractivity contribution is 0.631. The van der Waals surface area contributed by atoms with Crippen molar-refractivity contribution in [3.63, 3.8) is 0 Å². The van der Waals surface area contributed by atoms with Crippen LogP contribution in [0.3, 0.4) is 0 Å². The van der Waals surface area contributed by atoms with E-state index >= 15 is 0 Å². The van der Waals surface area contributed by atoms with Crippen molar-refractivity contribution in [1.29, 1.82) is 0 Å². The summed E-state index contributed by atoms with van der Waals surface area (Å²) in [6.07, 6.45) is -0.322. The summed E-state index contributed by atoms with van der Waals surface area (Å²) >= 11 is 0. The minimum absolute atomic E-state index is 0.322. The quantitative estimate of drug-likeness (QED) is 0.333. The van der Waals surface area contributed by atoms with E-state index in [1.807, 2.05) is 13.8 Å². The van der Waals surface area contributed by atoms with Crippen LogP contribution in [0, 0.1) is 5.92 Å². The smallest absolute Gasteiger partial charge is 0.180 e. The van der Waals surface area contributed by atoms with Gasteiger partial charge in [-0.3, -0.25) is 0 Å². The van der Waals surface area contributed by atoms with Crippen molar-refractivity contribution in [1.82, 2.24) is 5.23 Å². The highest BCUT2D eigenvalue weighted by molar-refractivity contribution is 6.04. The molecule has 0 aromatic heterocycles. The first-order valence-electron chi connectivity index (χ1n) is 3.25. The molecule has 1 unspecified atom stereocenters. The van der Waals surface area contributed by atoms with Crippen LogP contribution in [0.1, 0.15) is 13.8 Å². The highest BCUT2D eigenvalue weighted by atomic mass is 14.9. The molecule has 54 valence electrons. The van der Waals surface area contributed by atoms with Crippen LogP contribution in [0.15, 0.2) is 17.9 Å². The summed E-state index contributed by atoms with van der Waals surface area (Å²) in [5, 5.41) is 2.44. The van der Waals surface area contributed by atoms with Gasteiger partial charge in [0.25, 0.3) is 0 Å². The normalized spacial score (nSPS) is 12.8. The van der Waals surface area contributed by atoms with E-state index in [2.05, 4.69) is 17.5 Å². The van der Waals surface area contributed by atoms with Gasteiger partial charge < -0.3 is 11.0 Å². The molecule has 3 heteroatoms. The average molecular weight is 136 g/mol. The third-order valence-corrected chi connectivity index (χ3v) is 1.34. The molecule has 1 atom stereocenters. The summed E-state index contributed by atoms with van der Waals surface area (Å²) in [6.45, 7) is 7.55. The highest BCUT2D eigenvalue weighted by Gasteiger charge is 2.08. The van der Waals surface area contributed by atoms with Crippen molar-refractivity contribution in [2.45, 2.75) is 20.0 Å². The summed E-state index contributed by atoms with van der Waals surface area (Å²) in [5.74, 6) is 0.337. The zero-order valence-electron chi connectivity index (χ0n) is 6.52. The lowest BCUT2D eigenvalue weighted by atomic mass is 10.0. The maximum atomic E-state index is 5.55. The molecule has 2 nitrogen and oxygen atoms in total. The number of nitrogens with two attached hydrogens (primary N) is 1. The number of rotatable bonds is 3. The Bertz CT molecular complexity index is 148. The number of hydrogen-bond donors (Lipinski definition) is 2. The fraction of sp³-hybridized carbons (Fsp3) is 0.571. The fourth-order valence-electron chi connectivity index (χ4n) is 0.763. The van der Waals surface area contributed by atoms with Crippen LogP contribution < -0.4 is 11.0 Å². The zero-order chi connectivity index (χ0) is 8.15. The largest absolute Gasteiger partial charge is 0.349 e. The monoisotopic (exact) mass is 136 g/mol. The predicted molar refractivity (Wildman–Crippen MR) is 44.4 cm³/mol. The van der Waals surface area contributed by atoms with Gasteiger partial charge in [-0.1, -0.05) is 20.4 Å². The molecule has 0 amide bonds. The molecule has 0 saturated carbocycles. The van der Waals surface area contributed by atoms with E-state index < -0.39 is 0 Å². The molecule has 0 aromatic rings. The molecule has 0 saturated heterocycles. The summed E-state index contributed by atoms with van der Waals surface area (Å²) in [4.78, 5) is 0. The molecule has 0 aliphatic heterocycles. The van der Waals surface area contributed by atoms with Gasteiger partial charge in [0, 0.05) is 5.57 Å². The maximum Gasteiger partial charge on any atom is 0.180 e. The Labute approximate surface area is 63.6 Å². The Kier molecular flexibility index (Phi) is 4.13. The second-order valence-corrected chi connectivity index (χ2v) is 2.43. The highest BCUT2D eigenvalue weighted by Crippen LogP contribution is 2.08. The molecular formula is C7H13BN2. The predicted octanol–water partition coefficient (Wildman–Crippen LogP) is 0.312. The molecule has 0 aliphatic carbocycles. The third kappa shape index (κ3) is 2.40. The third-order valence-electron chi connectivity index (χ3n) is 1.34. The van der Waals surface area contributed by atoms with Gasteiger partial charge in [-0.2, -0.15) is 0 Å². The second-order valence-electron chi connectivity index (χ2n) is 2.43. The molecule has 0 aromatic carbocycles. The summed E-state index contributed by atoms with van der Waals surface area (Å²) in [6, 6.07) is 0. The lowest BCUT2D eigenvalue weighted by Gasteiger charge is -2.15. The summed E-state index contributed by atoms with van der Waals surface area (Å²) < 4.78 is 0. The van der Waals surface area contributed by atoms with E-state index in [1.165, 1.54) is 0 Å². The Morgan fingerprint density at radius 3 is 2.30 bits per heavy atom. The average Bonchev–Trinajstić information content (AvgIpc) is 1.88. The first kappa shape index (κ1) is 9.50. The molecule has 2 radical (unpaired) electrons. The Hall–Kier alpha value is -0.495. The van der Waals surface area contributed by atoms with Crippen LogP contribution in [0.5, 0.6) is 0 Å². The Morgan fingerprint density at radius 2 is 2.20 bits per heavy atom. The number of hydrogen-bond acceptors (Lipinski definition) is 2. The van der Waals surface area contributed by atoms with Crippen molar-refractivity contribution in [2.75, 3.05) is 0 Å². The van der Waals surface area contributed by atoms with Gasteiger partial charge in [0.1, 0.15) is 0 Å². The minimum Gasteiger partial charge on any atom is -0.349 e. The van der Waals surface area contributed by atoms with E-state index in [0.29, 0.717) is 5.92 Å². The van der Waals surface area contributed by atoms with Crippen LogP contribution in [-0.4, -0.2) is 14.1 Å². The van der Waals surface area contributed by atoms with Gasteiger partial charge in [-0.15, -0.1) is 5.73 Å². The Balaban J connectivity index is 4.23. The molecular weight excluding hydrogens is 123 g/mol. The standard InChI is InChI=1S/C7H13BN2/c1-4-6(5(2)3)7(9)10-8/h5,7,10H,1,9H2,2-3H3. The van der Waals surface area contributed by atoms with Gasteiger partial charge in [-0.05, 0) is 5.92 Å². The molecule has 0 rings (SSSR count). The van der Waals surface area contributed by atoms with E-state index in [1.54, 1.807) is 0 Å². The van der Waals surface area contributed by atoms with Crippen molar-refractivity contribution in [3.05, 3.63) is 17.9 Å². The van der Waals surface area contributed by atoms with Crippen molar-refractivity contribution in [2.24, 2.45) is 11.7 Å². The van der Waals surface area contributed by atoms with Crippen LogP contribution in [0.4, 0.5) is 0 Å². The van der Waals surface area contributed by atoms with E-state index in [4.69, 9.17) is 13.7 Å². The van der Waals surface area contributed by atoms with Crippen molar-refractivity contribution in [3.8, 4) is 0 Å². The molecule has 0 spiro atoms. The molecule has 3 N–H and O–H groups in total. The van der Waals surface area contributed by atoms with E-state index in [-0.39, 0.29) is 6.17 Å². The lowest BCUT2D eigenvalue weighted by Crippen LogP contribution is -2.38. The van der Waals surface area contributed by atoms with E-state index in [9.17, 15) is 0 Å². The molecule has 0 fully saturated rings. The van der Waals surface area contributed by atoms with Gasteiger partial charge in [0.05, 0.1) is 6.17 Å². The van der Waals surface area contributed by atoms with Crippen LogP contribution >= 0.6 is 0 Å². The molecule has 10 heavy (non-hydrogen) atoms. The van der Waals surface area contributed by atoms with Crippen molar-refractivity contribution >= 4 is 7.98 Å². The minimum atomic E-state index is -0.322. The van der Waals surface area contributed by atoms with Crippen LogP contribution in [0.2, 0.25) is 0 Å². The van der Waals surface area contributed by atoms with Crippen LogP contribution in [0.25, 0.3) is 0 Å². The molecule has 0 aliphatic rings. The van der Waals surface area contributed by atoms with Gasteiger partial charge in [0.2, 0.25) is 0 Å². The van der Waals surface area contributed by atoms with Gasteiger partial charge >= 0.3 is 0 Å². The first-order valence-corrected chi connectivity index (χ1v) is 3.25. The molecule has 0 heterocycles. The Morgan fingerprint density at radius 1 is 1.70 bits per heavy atom. The van der Waals surface area contributed by atoms with Crippen LogP contribution in [-0.2, 0) is 0 Å². The van der Waals surface area contributed by atoms with E-state index in [0.717, 1.165) is 5.57 Å². The van der Waals surface area contributed by atoms with Gasteiger partial charge in [0.15, 0.2) is 7.98 Å². The molecule has 0 bridgehead atoms. The first-order chi connectivity index (χ1) is 4.63. The fourth-order valence-corrected chi connectivity index (χ4v) is 0.763.